The fourth-order valence-electron chi connectivity index (χ4n) is 4.12. The van der Waals surface area contributed by atoms with Gasteiger partial charge in [-0.25, -0.2) is 0 Å². The monoisotopic (exact) mass is 549 g/mol. The van der Waals surface area contributed by atoms with Gasteiger partial charge in [-0.2, -0.15) is 0 Å². The molecule has 2 aliphatic heterocycles. The molecule has 1 N–H and O–H groups in total. The van der Waals surface area contributed by atoms with Crippen LogP contribution in [0.5, 0.6) is 0 Å². The van der Waals surface area contributed by atoms with E-state index in [2.05, 4.69) is 39.1 Å². The predicted molar refractivity (Wildman–Crippen MR) is 138 cm³/mol. The van der Waals surface area contributed by atoms with Gasteiger partial charge in [-0.05, 0) is 50.9 Å². The predicted octanol–water partition coefficient (Wildman–Crippen LogP) is 3.40. The van der Waals surface area contributed by atoms with E-state index in [1.165, 1.54) is 12.8 Å². The van der Waals surface area contributed by atoms with E-state index >= 15 is 0 Å². The summed E-state index contributed by atoms with van der Waals surface area (Å²) in [7, 11) is 1.78. The number of piperazine rings is 1. The molecular weight excluding hydrogens is 513 g/mol. The Bertz CT molecular complexity index is 646. The standard InChI is InChI=1S/C22H36ClN5O.HI/c1-3-24-22(25-18-19-8-10-26(11-9-19)16-17-29-2)28-14-12-27(13-15-28)21-7-5-4-6-20(21)23;/h4-7,19H,3,8-18H2,1-2H3,(H,24,25);1H. The highest BCUT2D eigenvalue weighted by Gasteiger charge is 2.22. The van der Waals surface area contributed by atoms with Crippen molar-refractivity contribution in [2.45, 2.75) is 19.8 Å². The van der Waals surface area contributed by atoms with Crippen LogP contribution in [-0.4, -0.2) is 88.4 Å². The van der Waals surface area contributed by atoms with Crippen molar-refractivity contribution < 1.29 is 4.74 Å². The van der Waals surface area contributed by atoms with Gasteiger partial charge in [0.15, 0.2) is 5.96 Å². The third kappa shape index (κ3) is 7.43. The van der Waals surface area contributed by atoms with Gasteiger partial charge >= 0.3 is 0 Å². The molecule has 0 amide bonds. The summed E-state index contributed by atoms with van der Waals surface area (Å²) in [6.45, 7) is 12.0. The van der Waals surface area contributed by atoms with Crippen molar-refractivity contribution in [2.75, 3.05) is 77.5 Å². The first-order valence-corrected chi connectivity index (χ1v) is 11.3. The van der Waals surface area contributed by atoms with Crippen molar-refractivity contribution in [3.05, 3.63) is 29.3 Å². The molecule has 0 spiro atoms. The van der Waals surface area contributed by atoms with E-state index in [0.29, 0.717) is 5.92 Å². The Morgan fingerprint density at radius 3 is 2.47 bits per heavy atom. The lowest BCUT2D eigenvalue weighted by atomic mass is 9.97. The Hall–Kier alpha value is -0.770. The molecule has 170 valence electrons. The molecule has 30 heavy (non-hydrogen) atoms. The molecule has 0 bridgehead atoms. The number of piperidine rings is 1. The summed E-state index contributed by atoms with van der Waals surface area (Å²) in [6.07, 6.45) is 2.46. The van der Waals surface area contributed by atoms with Crippen LogP contribution in [0, 0.1) is 5.92 Å². The van der Waals surface area contributed by atoms with Crippen LogP contribution in [0.4, 0.5) is 5.69 Å². The number of benzene rings is 1. The molecule has 0 unspecified atom stereocenters. The second kappa shape index (κ2) is 13.6. The van der Waals surface area contributed by atoms with Crippen LogP contribution in [0.3, 0.4) is 0 Å². The lowest BCUT2D eigenvalue weighted by Crippen LogP contribution is -2.52. The van der Waals surface area contributed by atoms with Crippen LogP contribution in [0.25, 0.3) is 0 Å². The van der Waals surface area contributed by atoms with Crippen LogP contribution in [-0.2, 0) is 4.74 Å². The molecule has 8 heteroatoms. The summed E-state index contributed by atoms with van der Waals surface area (Å²) in [4.78, 5) is 12.3. The van der Waals surface area contributed by atoms with Gasteiger partial charge in [0.05, 0.1) is 17.3 Å². The Morgan fingerprint density at radius 1 is 1.13 bits per heavy atom. The smallest absolute Gasteiger partial charge is 0.194 e. The molecule has 0 radical (unpaired) electrons. The topological polar surface area (TPSA) is 43.3 Å². The fraction of sp³-hybridized carbons (Fsp3) is 0.682. The third-order valence-electron chi connectivity index (χ3n) is 5.93. The first-order chi connectivity index (χ1) is 14.2. The second-order valence-electron chi connectivity index (χ2n) is 7.90. The van der Waals surface area contributed by atoms with E-state index in [1.807, 2.05) is 12.1 Å². The number of nitrogens with one attached hydrogen (secondary N) is 1. The van der Waals surface area contributed by atoms with E-state index in [0.717, 1.165) is 82.2 Å². The first kappa shape index (κ1) is 25.5. The fourth-order valence-corrected chi connectivity index (χ4v) is 4.38. The van der Waals surface area contributed by atoms with Crippen molar-refractivity contribution in [1.82, 2.24) is 15.1 Å². The number of anilines is 1. The number of aliphatic imine (C=N–C) groups is 1. The van der Waals surface area contributed by atoms with Crippen LogP contribution in [0.2, 0.25) is 5.02 Å². The highest BCUT2D eigenvalue weighted by atomic mass is 127. The molecule has 1 aromatic rings. The lowest BCUT2D eigenvalue weighted by molar-refractivity contribution is 0.121. The Balaban J connectivity index is 0.00000320. The van der Waals surface area contributed by atoms with Gasteiger partial charge in [0.25, 0.3) is 0 Å². The van der Waals surface area contributed by atoms with Crippen LogP contribution >= 0.6 is 35.6 Å². The molecule has 2 saturated heterocycles. The molecule has 0 aromatic heterocycles. The van der Waals surface area contributed by atoms with Gasteiger partial charge in [-0.3, -0.25) is 4.99 Å². The lowest BCUT2D eigenvalue weighted by Gasteiger charge is -2.38. The number of ether oxygens (including phenoxy) is 1. The van der Waals surface area contributed by atoms with Crippen LogP contribution in [0.15, 0.2) is 29.3 Å². The Morgan fingerprint density at radius 2 is 1.83 bits per heavy atom. The zero-order chi connectivity index (χ0) is 20.5. The van der Waals surface area contributed by atoms with Gasteiger partial charge in [0.1, 0.15) is 0 Å². The minimum atomic E-state index is 0. The van der Waals surface area contributed by atoms with Gasteiger partial charge in [0.2, 0.25) is 0 Å². The van der Waals surface area contributed by atoms with Gasteiger partial charge in [-0.15, -0.1) is 24.0 Å². The minimum absolute atomic E-state index is 0. The quantitative estimate of drug-likeness (QED) is 0.321. The largest absolute Gasteiger partial charge is 0.383 e. The van der Waals surface area contributed by atoms with E-state index in [-0.39, 0.29) is 24.0 Å². The van der Waals surface area contributed by atoms with Crippen molar-refractivity contribution in [1.29, 1.82) is 0 Å². The molecule has 0 saturated carbocycles. The van der Waals surface area contributed by atoms with Crippen molar-refractivity contribution in [3.8, 4) is 0 Å². The van der Waals surface area contributed by atoms with E-state index in [4.69, 9.17) is 21.3 Å². The molecule has 0 aliphatic carbocycles. The first-order valence-electron chi connectivity index (χ1n) is 10.9. The summed E-state index contributed by atoms with van der Waals surface area (Å²) in [5.41, 5.74) is 1.14. The zero-order valence-electron chi connectivity index (χ0n) is 18.4. The summed E-state index contributed by atoms with van der Waals surface area (Å²) in [5, 5.41) is 4.33. The minimum Gasteiger partial charge on any atom is -0.383 e. The molecule has 2 fully saturated rings. The van der Waals surface area contributed by atoms with Gasteiger partial charge in [-0.1, -0.05) is 23.7 Å². The number of likely N-dealkylation sites (tertiary alicyclic amines) is 1. The third-order valence-corrected chi connectivity index (χ3v) is 6.24. The number of guanidine groups is 1. The van der Waals surface area contributed by atoms with Crippen molar-refractivity contribution in [2.24, 2.45) is 10.9 Å². The maximum Gasteiger partial charge on any atom is 0.194 e. The Labute approximate surface area is 204 Å². The van der Waals surface area contributed by atoms with E-state index < -0.39 is 0 Å². The number of hydrogen-bond donors (Lipinski definition) is 1. The van der Waals surface area contributed by atoms with E-state index in [1.54, 1.807) is 7.11 Å². The molecule has 2 aliphatic rings. The summed E-state index contributed by atoms with van der Waals surface area (Å²) in [5.74, 6) is 1.75. The molecule has 1 aromatic carbocycles. The van der Waals surface area contributed by atoms with Crippen LogP contribution in [0.1, 0.15) is 19.8 Å². The number of nitrogens with zero attached hydrogens (tertiary/aromatic N) is 4. The summed E-state index contributed by atoms with van der Waals surface area (Å²) < 4.78 is 5.20. The molecule has 3 rings (SSSR count). The van der Waals surface area contributed by atoms with Crippen LogP contribution < -0.4 is 10.2 Å². The highest BCUT2D eigenvalue weighted by Crippen LogP contribution is 2.26. The molecular formula is C22H37ClIN5O. The Kier molecular flexibility index (Phi) is 11.6. The average molecular weight is 550 g/mol. The number of hydrogen-bond acceptors (Lipinski definition) is 4. The summed E-state index contributed by atoms with van der Waals surface area (Å²) >= 11 is 6.38. The molecule has 6 nitrogen and oxygen atoms in total. The van der Waals surface area contributed by atoms with E-state index in [9.17, 15) is 0 Å². The van der Waals surface area contributed by atoms with Crippen molar-refractivity contribution >= 4 is 47.2 Å². The number of halogens is 2. The average Bonchev–Trinajstić information content (AvgIpc) is 2.76. The van der Waals surface area contributed by atoms with Crippen molar-refractivity contribution in [3.63, 3.8) is 0 Å². The number of para-hydroxylation sites is 1. The highest BCUT2D eigenvalue weighted by molar-refractivity contribution is 14.0. The normalized spacial score (nSPS) is 19.0. The molecule has 0 atom stereocenters. The maximum atomic E-state index is 6.38. The van der Waals surface area contributed by atoms with Gasteiger partial charge < -0.3 is 24.8 Å². The second-order valence-corrected chi connectivity index (χ2v) is 8.31. The number of methoxy groups -OCH3 is 1. The maximum absolute atomic E-state index is 6.38. The molecule has 2 heterocycles. The van der Waals surface area contributed by atoms with Gasteiger partial charge in [0, 0.05) is 52.9 Å². The summed E-state index contributed by atoms with van der Waals surface area (Å²) in [6, 6.07) is 8.12. The SMILES string of the molecule is CCNC(=NCC1CCN(CCOC)CC1)N1CCN(c2ccccc2Cl)CC1.I. The zero-order valence-corrected chi connectivity index (χ0v) is 21.4. The number of rotatable bonds is 7.